The number of anilines is 1. The van der Waals surface area contributed by atoms with Crippen LogP contribution in [0.15, 0.2) is 12.7 Å². The van der Waals surface area contributed by atoms with Gasteiger partial charge in [0.1, 0.15) is 24.6 Å². The Morgan fingerprint density at radius 2 is 1.92 bits per heavy atom. The highest BCUT2D eigenvalue weighted by molar-refractivity contribution is 5.82. The van der Waals surface area contributed by atoms with Crippen LogP contribution in [0.3, 0.4) is 0 Å². The number of rotatable bonds is 4. The number of aliphatic hydroxyl groups excluding tert-OH is 3. The second kappa shape index (κ2) is 6.83. The minimum Gasteiger partial charge on any atom is -0.394 e. The lowest BCUT2D eigenvalue weighted by Crippen LogP contribution is -2.33. The molecule has 4 rings (SSSR count). The molecule has 4 N–H and O–H groups in total. The molecule has 1 saturated heterocycles. The maximum absolute atomic E-state index is 10.2. The van der Waals surface area contributed by atoms with Crippen LogP contribution in [0.5, 0.6) is 0 Å². The maximum atomic E-state index is 10.2. The monoisotopic (exact) mass is 349 g/mol. The quantitative estimate of drug-likeness (QED) is 0.616. The highest BCUT2D eigenvalue weighted by atomic mass is 16.6. The minimum atomic E-state index is -1.17. The average Bonchev–Trinajstić information content (AvgIpc) is 3.18. The normalized spacial score (nSPS) is 30.8. The Morgan fingerprint density at radius 3 is 2.64 bits per heavy atom. The molecule has 25 heavy (non-hydrogen) atoms. The number of aromatic nitrogens is 4. The Balaban J connectivity index is 1.62. The molecule has 2 aromatic heterocycles. The van der Waals surface area contributed by atoms with Crippen molar-refractivity contribution < 1.29 is 20.1 Å². The summed E-state index contributed by atoms with van der Waals surface area (Å²) in [6, 6.07) is 0.380. The van der Waals surface area contributed by atoms with Gasteiger partial charge in [0.25, 0.3) is 0 Å². The predicted molar refractivity (Wildman–Crippen MR) is 88.8 cm³/mol. The average molecular weight is 349 g/mol. The van der Waals surface area contributed by atoms with Crippen LogP contribution < -0.4 is 5.32 Å². The van der Waals surface area contributed by atoms with Crippen LogP contribution in [-0.4, -0.2) is 65.8 Å². The van der Waals surface area contributed by atoms with Crippen LogP contribution in [-0.2, 0) is 4.74 Å². The van der Waals surface area contributed by atoms with Gasteiger partial charge < -0.3 is 25.4 Å². The maximum Gasteiger partial charge on any atom is 0.167 e. The van der Waals surface area contributed by atoms with E-state index in [4.69, 9.17) is 4.74 Å². The summed E-state index contributed by atoms with van der Waals surface area (Å²) in [6.45, 7) is -0.370. The van der Waals surface area contributed by atoms with Gasteiger partial charge in [0.2, 0.25) is 0 Å². The fourth-order valence-corrected chi connectivity index (χ4v) is 3.69. The van der Waals surface area contributed by atoms with E-state index < -0.39 is 24.5 Å². The van der Waals surface area contributed by atoms with E-state index in [0.717, 1.165) is 12.8 Å². The predicted octanol–water partition coefficient (Wildman–Crippen LogP) is 0.182. The second-order valence-corrected chi connectivity index (χ2v) is 6.75. The van der Waals surface area contributed by atoms with E-state index in [9.17, 15) is 15.3 Å². The van der Waals surface area contributed by atoms with Crippen molar-refractivity contribution in [2.45, 2.75) is 62.7 Å². The fraction of sp³-hybridized carbons (Fsp3) is 0.688. The van der Waals surface area contributed by atoms with Crippen molar-refractivity contribution in [3.8, 4) is 0 Å². The molecule has 0 radical (unpaired) electrons. The molecule has 1 saturated carbocycles. The van der Waals surface area contributed by atoms with Crippen LogP contribution in [0.2, 0.25) is 0 Å². The largest absolute Gasteiger partial charge is 0.394 e. The summed E-state index contributed by atoms with van der Waals surface area (Å²) >= 11 is 0. The van der Waals surface area contributed by atoms with E-state index in [2.05, 4.69) is 20.3 Å². The molecule has 0 spiro atoms. The Hall–Kier alpha value is -1.81. The zero-order valence-corrected chi connectivity index (χ0v) is 13.8. The van der Waals surface area contributed by atoms with Crippen molar-refractivity contribution in [1.29, 1.82) is 0 Å². The van der Waals surface area contributed by atoms with Crippen LogP contribution in [0, 0.1) is 0 Å². The van der Waals surface area contributed by atoms with Crippen molar-refractivity contribution in [3.63, 3.8) is 0 Å². The number of aliphatic hydroxyl groups is 3. The van der Waals surface area contributed by atoms with Gasteiger partial charge in [-0.1, -0.05) is 19.3 Å². The van der Waals surface area contributed by atoms with Gasteiger partial charge in [-0.2, -0.15) is 0 Å². The lowest BCUT2D eigenvalue weighted by Gasteiger charge is -2.23. The number of ether oxygens (including phenoxy) is 1. The lowest BCUT2D eigenvalue weighted by atomic mass is 9.95. The summed E-state index contributed by atoms with van der Waals surface area (Å²) in [5, 5.41) is 32.9. The number of imidazole rings is 1. The third-order valence-electron chi connectivity index (χ3n) is 5.10. The molecule has 0 bridgehead atoms. The minimum absolute atomic E-state index is 0.370. The highest BCUT2D eigenvalue weighted by Crippen LogP contribution is 2.32. The van der Waals surface area contributed by atoms with E-state index in [1.54, 1.807) is 4.57 Å². The van der Waals surface area contributed by atoms with Gasteiger partial charge in [0.15, 0.2) is 23.2 Å². The smallest absolute Gasteiger partial charge is 0.167 e. The van der Waals surface area contributed by atoms with Gasteiger partial charge in [-0.05, 0) is 12.8 Å². The third kappa shape index (κ3) is 2.97. The fourth-order valence-electron chi connectivity index (χ4n) is 3.69. The first-order valence-corrected chi connectivity index (χ1v) is 8.75. The molecule has 0 aromatic carbocycles. The molecule has 2 aliphatic rings. The van der Waals surface area contributed by atoms with E-state index >= 15 is 0 Å². The summed E-state index contributed by atoms with van der Waals surface area (Å²) in [6.07, 6.45) is 4.88. The van der Waals surface area contributed by atoms with Gasteiger partial charge in [-0.25, -0.2) is 15.0 Å². The molecule has 136 valence electrons. The van der Waals surface area contributed by atoms with Gasteiger partial charge in [0, 0.05) is 6.04 Å². The molecule has 9 heteroatoms. The summed E-state index contributed by atoms with van der Waals surface area (Å²) in [5.41, 5.74) is 1.12. The Morgan fingerprint density at radius 1 is 1.12 bits per heavy atom. The summed E-state index contributed by atoms with van der Waals surface area (Å²) in [7, 11) is 0. The van der Waals surface area contributed by atoms with E-state index in [-0.39, 0.29) is 6.61 Å². The lowest BCUT2D eigenvalue weighted by molar-refractivity contribution is -0.0511. The van der Waals surface area contributed by atoms with Crippen molar-refractivity contribution in [1.82, 2.24) is 19.5 Å². The topological polar surface area (TPSA) is 126 Å². The van der Waals surface area contributed by atoms with E-state index in [1.807, 2.05) is 0 Å². The van der Waals surface area contributed by atoms with Gasteiger partial charge in [-0.15, -0.1) is 0 Å². The molecule has 4 atom stereocenters. The molecule has 2 fully saturated rings. The van der Waals surface area contributed by atoms with Crippen molar-refractivity contribution in [3.05, 3.63) is 12.7 Å². The Labute approximate surface area is 144 Å². The molecule has 1 aliphatic carbocycles. The number of hydrogen-bond donors (Lipinski definition) is 4. The van der Waals surface area contributed by atoms with Crippen molar-refractivity contribution in [2.24, 2.45) is 0 Å². The molecule has 2 unspecified atom stereocenters. The number of nitrogens with zero attached hydrogens (tertiary/aromatic N) is 4. The molecular weight excluding hydrogens is 326 g/mol. The highest BCUT2D eigenvalue weighted by Gasteiger charge is 2.44. The van der Waals surface area contributed by atoms with Crippen LogP contribution in [0.4, 0.5) is 5.82 Å². The zero-order chi connectivity index (χ0) is 17.4. The molecule has 9 nitrogen and oxygen atoms in total. The van der Waals surface area contributed by atoms with Crippen molar-refractivity contribution >= 4 is 17.0 Å². The van der Waals surface area contributed by atoms with Gasteiger partial charge >= 0.3 is 0 Å². The van der Waals surface area contributed by atoms with Crippen LogP contribution in [0.25, 0.3) is 11.2 Å². The summed E-state index contributed by atoms with van der Waals surface area (Å²) in [4.78, 5) is 13.0. The van der Waals surface area contributed by atoms with Gasteiger partial charge in [-0.3, -0.25) is 4.57 Å². The summed E-state index contributed by atoms with van der Waals surface area (Å²) < 4.78 is 7.15. The van der Waals surface area contributed by atoms with Crippen LogP contribution in [0.1, 0.15) is 38.3 Å². The number of fused-ring (bicyclic) bond motifs is 1. The SMILES string of the molecule is OCC1OC(n2cnc3c(NC4CCCCC4)ncnc32)[C@H](O)[C@@H]1O. The van der Waals surface area contributed by atoms with Crippen LogP contribution >= 0.6 is 0 Å². The first-order valence-electron chi connectivity index (χ1n) is 8.75. The Bertz CT molecular complexity index is 732. The second-order valence-electron chi connectivity index (χ2n) is 6.75. The molecular formula is C16H23N5O4. The number of nitrogens with one attached hydrogen (secondary N) is 1. The summed E-state index contributed by atoms with van der Waals surface area (Å²) in [5.74, 6) is 0.669. The molecule has 1 aliphatic heterocycles. The molecule has 3 heterocycles. The first-order chi connectivity index (χ1) is 12.2. The van der Waals surface area contributed by atoms with E-state index in [1.165, 1.54) is 31.9 Å². The zero-order valence-electron chi connectivity index (χ0n) is 13.8. The standard InChI is InChI=1S/C16H23N5O4/c22-6-10-12(23)13(24)16(25-10)21-8-19-11-14(17-7-18-15(11)21)20-9-4-2-1-3-5-9/h7-10,12-13,16,22-24H,1-6H2,(H,17,18,20)/t10?,12-,13-,16?/m1/s1. The van der Waals surface area contributed by atoms with E-state index in [0.29, 0.717) is 23.0 Å². The molecule has 0 amide bonds. The van der Waals surface area contributed by atoms with Gasteiger partial charge in [0.05, 0.1) is 12.9 Å². The first kappa shape index (κ1) is 16.6. The van der Waals surface area contributed by atoms with Crippen molar-refractivity contribution in [2.75, 3.05) is 11.9 Å². The number of hydrogen-bond acceptors (Lipinski definition) is 8. The molecule has 2 aromatic rings. The Kier molecular flexibility index (Phi) is 4.55. The third-order valence-corrected chi connectivity index (χ3v) is 5.10.